The molecule has 2 unspecified atom stereocenters. The van der Waals surface area contributed by atoms with Crippen LogP contribution >= 0.6 is 0 Å². The van der Waals surface area contributed by atoms with E-state index in [4.69, 9.17) is 0 Å². The van der Waals surface area contributed by atoms with Crippen molar-refractivity contribution in [1.29, 1.82) is 0 Å². The molecule has 1 aromatic rings. The normalized spacial score (nSPS) is 27.2. The van der Waals surface area contributed by atoms with Gasteiger partial charge >= 0.3 is 6.03 Å². The number of imidazole rings is 1. The van der Waals surface area contributed by atoms with Gasteiger partial charge in [0.25, 0.3) is 0 Å². The highest BCUT2D eigenvalue weighted by Gasteiger charge is 2.35. The van der Waals surface area contributed by atoms with E-state index in [0.29, 0.717) is 13.0 Å². The van der Waals surface area contributed by atoms with Gasteiger partial charge in [0.2, 0.25) is 5.91 Å². The lowest BCUT2D eigenvalue weighted by Crippen LogP contribution is -2.52. The van der Waals surface area contributed by atoms with Crippen LogP contribution in [0.15, 0.2) is 12.5 Å². The Labute approximate surface area is 142 Å². The highest BCUT2D eigenvalue weighted by molar-refractivity contribution is 5.80. The second-order valence-corrected chi connectivity index (χ2v) is 7.08. The monoisotopic (exact) mass is 333 g/mol. The van der Waals surface area contributed by atoms with E-state index in [9.17, 15) is 9.59 Å². The number of nitrogens with zero attached hydrogens (tertiary/aromatic N) is 3. The van der Waals surface area contributed by atoms with Crippen molar-refractivity contribution in [2.75, 3.05) is 13.1 Å². The molecule has 0 saturated carbocycles. The summed E-state index contributed by atoms with van der Waals surface area (Å²) >= 11 is 0. The molecule has 1 aromatic heterocycles. The molecule has 132 valence electrons. The highest BCUT2D eigenvalue weighted by Crippen LogP contribution is 2.31. The molecular weight excluding hydrogens is 306 g/mol. The molecule has 3 heterocycles. The van der Waals surface area contributed by atoms with Gasteiger partial charge in [-0.1, -0.05) is 0 Å². The van der Waals surface area contributed by atoms with E-state index < -0.39 is 0 Å². The first-order valence-electron chi connectivity index (χ1n) is 8.88. The summed E-state index contributed by atoms with van der Waals surface area (Å²) < 4.78 is 2.11. The summed E-state index contributed by atoms with van der Waals surface area (Å²) in [7, 11) is 0. The van der Waals surface area contributed by atoms with Gasteiger partial charge in [0.05, 0.1) is 29.8 Å². The molecule has 3 rings (SSSR count). The van der Waals surface area contributed by atoms with Crippen molar-refractivity contribution in [2.45, 2.75) is 64.1 Å². The number of aromatic nitrogens is 2. The van der Waals surface area contributed by atoms with Crippen molar-refractivity contribution < 1.29 is 9.59 Å². The number of carbonyl (C=O) groups excluding carboxylic acids is 2. The summed E-state index contributed by atoms with van der Waals surface area (Å²) in [4.78, 5) is 30.4. The first kappa shape index (κ1) is 16.8. The molecule has 0 radical (unpaired) electrons. The molecule has 24 heavy (non-hydrogen) atoms. The van der Waals surface area contributed by atoms with Gasteiger partial charge in [-0.3, -0.25) is 4.79 Å². The Morgan fingerprint density at radius 3 is 3.04 bits per heavy atom. The highest BCUT2D eigenvalue weighted by atomic mass is 16.2. The quantitative estimate of drug-likeness (QED) is 0.882. The first-order valence-corrected chi connectivity index (χ1v) is 8.88. The average molecular weight is 333 g/mol. The minimum Gasteiger partial charge on any atom is -0.349 e. The van der Waals surface area contributed by atoms with Crippen molar-refractivity contribution in [3.8, 4) is 0 Å². The Kier molecular flexibility index (Phi) is 4.78. The van der Waals surface area contributed by atoms with Crippen LogP contribution in [0, 0.1) is 0 Å². The number of hydrogen-bond donors (Lipinski definition) is 2. The average Bonchev–Trinajstić information content (AvgIpc) is 3.19. The Hall–Kier alpha value is -2.05. The molecule has 2 N–H and O–H groups in total. The molecule has 0 aliphatic carbocycles. The standard InChI is InChI=1S/C17H27N5O2/c1-3-21-12-18-10-14(21)13-6-4-5-9-22(13)16(24)19-11-17(2)8-7-15(23)20-17/h10,12-13H,3-9,11H2,1-2H3,(H,19,24)(H,20,23). The second kappa shape index (κ2) is 6.83. The third-order valence-corrected chi connectivity index (χ3v) is 5.17. The van der Waals surface area contributed by atoms with E-state index >= 15 is 0 Å². The molecule has 7 nitrogen and oxygen atoms in total. The Bertz CT molecular complexity index is 614. The third-order valence-electron chi connectivity index (χ3n) is 5.17. The predicted octanol–water partition coefficient (Wildman–Crippen LogP) is 1.81. The fourth-order valence-corrected chi connectivity index (χ4v) is 3.71. The van der Waals surface area contributed by atoms with Gasteiger partial charge in [0, 0.05) is 26.1 Å². The van der Waals surface area contributed by atoms with E-state index in [2.05, 4.69) is 27.1 Å². The van der Waals surface area contributed by atoms with Crippen LogP contribution < -0.4 is 10.6 Å². The number of aryl methyl sites for hydroxylation is 1. The lowest BCUT2D eigenvalue weighted by atomic mass is 9.99. The van der Waals surface area contributed by atoms with Crippen molar-refractivity contribution in [3.63, 3.8) is 0 Å². The zero-order valence-corrected chi connectivity index (χ0v) is 14.5. The number of hydrogen-bond acceptors (Lipinski definition) is 3. The van der Waals surface area contributed by atoms with E-state index in [1.54, 1.807) is 0 Å². The third kappa shape index (κ3) is 3.39. The van der Waals surface area contributed by atoms with Gasteiger partial charge in [0.1, 0.15) is 0 Å². The Morgan fingerprint density at radius 1 is 1.50 bits per heavy atom. The number of amides is 3. The van der Waals surface area contributed by atoms with Crippen molar-refractivity contribution in [1.82, 2.24) is 25.1 Å². The molecule has 2 aliphatic heterocycles. The van der Waals surface area contributed by atoms with Crippen LogP contribution in [0.5, 0.6) is 0 Å². The first-order chi connectivity index (χ1) is 11.5. The summed E-state index contributed by atoms with van der Waals surface area (Å²) in [6.45, 7) is 6.15. The molecular formula is C17H27N5O2. The van der Waals surface area contributed by atoms with Crippen molar-refractivity contribution in [3.05, 3.63) is 18.2 Å². The van der Waals surface area contributed by atoms with Crippen LogP contribution in [-0.2, 0) is 11.3 Å². The number of carbonyl (C=O) groups is 2. The van der Waals surface area contributed by atoms with Gasteiger partial charge in [0.15, 0.2) is 0 Å². The zero-order valence-electron chi connectivity index (χ0n) is 14.5. The fourth-order valence-electron chi connectivity index (χ4n) is 3.71. The maximum atomic E-state index is 12.8. The number of urea groups is 1. The topological polar surface area (TPSA) is 79.3 Å². The maximum absolute atomic E-state index is 12.8. The van der Waals surface area contributed by atoms with E-state index in [-0.39, 0.29) is 23.5 Å². The van der Waals surface area contributed by atoms with Crippen LogP contribution in [-0.4, -0.2) is 45.0 Å². The lowest BCUT2D eigenvalue weighted by molar-refractivity contribution is -0.119. The largest absolute Gasteiger partial charge is 0.349 e. The molecule has 0 aromatic carbocycles. The summed E-state index contributed by atoms with van der Waals surface area (Å²) in [5.74, 6) is 0.0643. The fraction of sp³-hybridized carbons (Fsp3) is 0.706. The van der Waals surface area contributed by atoms with Gasteiger partial charge in [-0.2, -0.15) is 0 Å². The molecule has 2 atom stereocenters. The van der Waals surface area contributed by atoms with Crippen LogP contribution in [0.3, 0.4) is 0 Å². The number of rotatable bonds is 4. The molecule has 0 spiro atoms. The van der Waals surface area contributed by atoms with Crippen molar-refractivity contribution >= 4 is 11.9 Å². The minimum atomic E-state index is -0.330. The van der Waals surface area contributed by atoms with Crippen LogP contribution in [0.1, 0.15) is 57.7 Å². The summed E-state index contributed by atoms with van der Waals surface area (Å²) in [5.41, 5.74) is 0.774. The van der Waals surface area contributed by atoms with E-state index in [0.717, 1.165) is 44.5 Å². The summed E-state index contributed by atoms with van der Waals surface area (Å²) in [6.07, 6.45) is 8.11. The number of nitrogens with one attached hydrogen (secondary N) is 2. The molecule has 2 saturated heterocycles. The van der Waals surface area contributed by atoms with Gasteiger partial charge in [-0.05, 0) is 39.5 Å². The Morgan fingerprint density at radius 2 is 2.33 bits per heavy atom. The van der Waals surface area contributed by atoms with E-state index in [1.807, 2.05) is 24.3 Å². The molecule has 2 aliphatic rings. The Balaban J connectivity index is 1.66. The van der Waals surface area contributed by atoms with Crippen LogP contribution in [0.4, 0.5) is 4.79 Å². The predicted molar refractivity (Wildman–Crippen MR) is 90.4 cm³/mol. The van der Waals surface area contributed by atoms with Gasteiger partial charge < -0.3 is 20.1 Å². The van der Waals surface area contributed by atoms with Crippen molar-refractivity contribution in [2.24, 2.45) is 0 Å². The summed E-state index contributed by atoms with van der Waals surface area (Å²) in [6, 6.07) is 0.0260. The van der Waals surface area contributed by atoms with Crippen LogP contribution in [0.25, 0.3) is 0 Å². The van der Waals surface area contributed by atoms with E-state index in [1.165, 1.54) is 0 Å². The number of piperidine rings is 1. The SMILES string of the molecule is CCn1cncc1C1CCCCN1C(=O)NCC1(C)CCC(=O)N1. The van der Waals surface area contributed by atoms with Gasteiger partial charge in [-0.15, -0.1) is 0 Å². The van der Waals surface area contributed by atoms with Gasteiger partial charge in [-0.25, -0.2) is 9.78 Å². The van der Waals surface area contributed by atoms with Crippen LogP contribution in [0.2, 0.25) is 0 Å². The number of likely N-dealkylation sites (tertiary alicyclic amines) is 1. The maximum Gasteiger partial charge on any atom is 0.318 e. The smallest absolute Gasteiger partial charge is 0.318 e. The molecule has 7 heteroatoms. The second-order valence-electron chi connectivity index (χ2n) is 7.08. The minimum absolute atomic E-state index is 0.0501. The summed E-state index contributed by atoms with van der Waals surface area (Å²) in [5, 5.41) is 5.99. The molecule has 2 fully saturated rings. The molecule has 0 bridgehead atoms. The zero-order chi connectivity index (χ0) is 17.2. The molecule has 3 amide bonds. The lowest BCUT2D eigenvalue weighted by Gasteiger charge is -2.37.